The molecule has 0 aliphatic heterocycles. The summed E-state index contributed by atoms with van der Waals surface area (Å²) in [5.74, 6) is -1.25. The van der Waals surface area contributed by atoms with Crippen LogP contribution in [0.1, 0.15) is 22.2 Å². The third-order valence-electron chi connectivity index (χ3n) is 2.59. The van der Waals surface area contributed by atoms with E-state index in [1.165, 1.54) is 12.1 Å². The second-order valence-corrected chi connectivity index (χ2v) is 5.24. The average Bonchev–Trinajstić information content (AvgIpc) is 2.80. The molecule has 0 atom stereocenters. The van der Waals surface area contributed by atoms with Crippen LogP contribution in [0.5, 0.6) is 10.9 Å². The van der Waals surface area contributed by atoms with Gasteiger partial charge in [0, 0.05) is 6.07 Å². The van der Waals surface area contributed by atoms with Gasteiger partial charge in [0.15, 0.2) is 10.0 Å². The number of rotatable bonds is 5. The molecule has 2 aromatic rings. The Morgan fingerprint density at radius 2 is 2.29 bits per heavy atom. The van der Waals surface area contributed by atoms with Gasteiger partial charge in [-0.25, -0.2) is 4.79 Å². The predicted octanol–water partition coefficient (Wildman–Crippen LogP) is 3.76. The minimum absolute atomic E-state index is 0.0143. The minimum atomic E-state index is -1.23. The van der Waals surface area contributed by atoms with Crippen LogP contribution in [0.2, 0.25) is 5.15 Å². The number of hydrogen-bond donors (Lipinski definition) is 1. The predicted molar refractivity (Wildman–Crippen MR) is 76.6 cm³/mol. The maximum atomic E-state index is 11.0. The molecule has 0 amide bonds. The number of nitro benzene ring substituents is 1. The number of halogens is 1. The van der Waals surface area contributed by atoms with Crippen molar-refractivity contribution in [1.82, 2.24) is 4.98 Å². The average molecular weight is 329 g/mol. The van der Waals surface area contributed by atoms with E-state index >= 15 is 0 Å². The second-order valence-electron chi connectivity index (χ2n) is 3.92. The Bertz CT molecular complexity index is 716. The lowest BCUT2D eigenvalue weighted by Crippen LogP contribution is -1.94. The fourth-order valence-corrected chi connectivity index (χ4v) is 2.55. The van der Waals surface area contributed by atoms with Crippen LogP contribution in [-0.2, 0) is 6.42 Å². The van der Waals surface area contributed by atoms with Gasteiger partial charge in [0.05, 0.1) is 4.92 Å². The maximum absolute atomic E-state index is 11.0. The van der Waals surface area contributed by atoms with Crippen LogP contribution in [0.4, 0.5) is 5.69 Å². The first-order chi connectivity index (χ1) is 9.92. The van der Waals surface area contributed by atoms with Crippen LogP contribution in [0.25, 0.3) is 0 Å². The summed E-state index contributed by atoms with van der Waals surface area (Å²) in [4.78, 5) is 24.9. The highest BCUT2D eigenvalue weighted by atomic mass is 35.5. The van der Waals surface area contributed by atoms with Crippen molar-refractivity contribution < 1.29 is 19.6 Å². The third-order valence-corrected chi connectivity index (χ3v) is 3.89. The van der Waals surface area contributed by atoms with E-state index in [-0.39, 0.29) is 26.7 Å². The van der Waals surface area contributed by atoms with E-state index < -0.39 is 10.9 Å². The van der Waals surface area contributed by atoms with Crippen LogP contribution < -0.4 is 4.74 Å². The highest BCUT2D eigenvalue weighted by Crippen LogP contribution is 2.36. The Morgan fingerprint density at radius 1 is 1.57 bits per heavy atom. The second kappa shape index (κ2) is 6.06. The van der Waals surface area contributed by atoms with Crippen LogP contribution >= 0.6 is 22.9 Å². The van der Waals surface area contributed by atoms with E-state index in [4.69, 9.17) is 21.4 Å². The maximum Gasteiger partial charge on any atom is 0.349 e. The molecule has 1 aromatic heterocycles. The van der Waals surface area contributed by atoms with Gasteiger partial charge in [-0.15, -0.1) is 0 Å². The summed E-state index contributed by atoms with van der Waals surface area (Å²) in [5.41, 5.74) is 0.579. The molecule has 7 nitrogen and oxygen atoms in total. The number of carbonyl (C=O) groups is 1. The summed E-state index contributed by atoms with van der Waals surface area (Å²) < 4.78 is 5.30. The molecule has 0 aliphatic carbocycles. The van der Waals surface area contributed by atoms with Gasteiger partial charge in [-0.3, -0.25) is 10.1 Å². The molecule has 1 heterocycles. The van der Waals surface area contributed by atoms with Gasteiger partial charge in [-0.05, 0) is 18.1 Å². The van der Waals surface area contributed by atoms with Gasteiger partial charge in [0.1, 0.15) is 0 Å². The first-order valence-electron chi connectivity index (χ1n) is 5.77. The molecule has 0 bridgehead atoms. The highest BCUT2D eigenvalue weighted by molar-refractivity contribution is 7.15. The first kappa shape index (κ1) is 15.2. The molecule has 0 spiro atoms. The lowest BCUT2D eigenvalue weighted by atomic mass is 10.1. The van der Waals surface area contributed by atoms with Gasteiger partial charge >= 0.3 is 11.7 Å². The molecule has 0 unspecified atom stereocenters. The number of ether oxygens (including phenoxy) is 1. The highest BCUT2D eigenvalue weighted by Gasteiger charge is 2.21. The number of aromatic carboxylic acids is 1. The van der Waals surface area contributed by atoms with Crippen LogP contribution in [0, 0.1) is 10.1 Å². The van der Waals surface area contributed by atoms with Crippen molar-refractivity contribution in [3.8, 4) is 10.9 Å². The molecule has 0 fully saturated rings. The van der Waals surface area contributed by atoms with Crippen molar-refractivity contribution in [3.05, 3.63) is 43.9 Å². The number of carboxylic acid groups (broad SMARTS) is 1. The minimum Gasteiger partial charge on any atom is -0.477 e. The van der Waals surface area contributed by atoms with Gasteiger partial charge < -0.3 is 9.84 Å². The van der Waals surface area contributed by atoms with E-state index in [0.29, 0.717) is 17.8 Å². The van der Waals surface area contributed by atoms with Crippen molar-refractivity contribution >= 4 is 34.6 Å². The topological polar surface area (TPSA) is 103 Å². The molecule has 1 aromatic carbocycles. The molecule has 21 heavy (non-hydrogen) atoms. The molecule has 1 N–H and O–H groups in total. The van der Waals surface area contributed by atoms with Crippen LogP contribution in [0.15, 0.2) is 18.2 Å². The largest absolute Gasteiger partial charge is 0.477 e. The summed E-state index contributed by atoms with van der Waals surface area (Å²) in [7, 11) is 0. The van der Waals surface area contributed by atoms with E-state index in [9.17, 15) is 14.9 Å². The van der Waals surface area contributed by atoms with Crippen molar-refractivity contribution in [2.45, 2.75) is 13.3 Å². The first-order valence-corrected chi connectivity index (χ1v) is 6.96. The normalized spacial score (nSPS) is 10.4. The van der Waals surface area contributed by atoms with Crippen LogP contribution in [-0.4, -0.2) is 21.0 Å². The summed E-state index contributed by atoms with van der Waals surface area (Å²) in [6, 6.07) is 4.55. The molecule has 0 saturated heterocycles. The van der Waals surface area contributed by atoms with Crippen molar-refractivity contribution in [1.29, 1.82) is 0 Å². The summed E-state index contributed by atoms with van der Waals surface area (Å²) in [6.07, 6.45) is 0.646. The Kier molecular flexibility index (Phi) is 4.39. The Balaban J connectivity index is 2.37. The zero-order valence-electron chi connectivity index (χ0n) is 10.7. The number of aromatic nitrogens is 1. The van der Waals surface area contributed by atoms with E-state index in [1.807, 2.05) is 6.92 Å². The molecule has 0 saturated carbocycles. The summed E-state index contributed by atoms with van der Waals surface area (Å²) in [5, 5.41) is 19.6. The number of hydrogen-bond acceptors (Lipinski definition) is 6. The fraction of sp³-hybridized carbons (Fsp3) is 0.167. The standard InChI is InChI=1S/C12H9ClN2O5S/c1-2-6-3-4-8(7(5-6)15(18)19)20-12-14-10(13)9(21-12)11(16)17/h3-5H,2H2,1H3,(H,16,17). The number of nitrogens with zero attached hydrogens (tertiary/aromatic N) is 2. The molecule has 0 aliphatic rings. The van der Waals surface area contributed by atoms with Crippen molar-refractivity contribution in [3.63, 3.8) is 0 Å². The number of benzene rings is 1. The Morgan fingerprint density at radius 3 is 2.81 bits per heavy atom. The lowest BCUT2D eigenvalue weighted by molar-refractivity contribution is -0.385. The zero-order valence-corrected chi connectivity index (χ0v) is 12.3. The van der Waals surface area contributed by atoms with Crippen molar-refractivity contribution in [2.24, 2.45) is 0 Å². The lowest BCUT2D eigenvalue weighted by Gasteiger charge is -2.04. The molecule has 9 heteroatoms. The molecule has 110 valence electrons. The smallest absolute Gasteiger partial charge is 0.349 e. The number of thiazole rings is 1. The third kappa shape index (κ3) is 3.29. The quantitative estimate of drug-likeness (QED) is 0.662. The van der Waals surface area contributed by atoms with Crippen LogP contribution in [0.3, 0.4) is 0 Å². The van der Waals surface area contributed by atoms with Gasteiger partial charge in [-0.2, -0.15) is 4.98 Å². The van der Waals surface area contributed by atoms with Crippen molar-refractivity contribution in [2.75, 3.05) is 0 Å². The van der Waals surface area contributed by atoms with E-state index in [1.54, 1.807) is 6.07 Å². The Labute approximate surface area is 127 Å². The SMILES string of the molecule is CCc1ccc(Oc2nc(Cl)c(C(=O)O)s2)c([N+](=O)[O-])c1. The van der Waals surface area contributed by atoms with Gasteiger partial charge in [-0.1, -0.05) is 35.9 Å². The monoisotopic (exact) mass is 328 g/mol. The van der Waals surface area contributed by atoms with E-state index in [2.05, 4.69) is 4.98 Å². The molecular formula is C12H9ClN2O5S. The summed E-state index contributed by atoms with van der Waals surface area (Å²) in [6.45, 7) is 1.87. The number of nitro groups is 1. The zero-order chi connectivity index (χ0) is 15.6. The molecule has 2 rings (SSSR count). The van der Waals surface area contributed by atoms with Gasteiger partial charge in [0.2, 0.25) is 5.75 Å². The number of carboxylic acids is 1. The number of aryl methyl sites for hydroxylation is 1. The summed E-state index contributed by atoms with van der Waals surface area (Å²) >= 11 is 6.37. The van der Waals surface area contributed by atoms with E-state index in [0.717, 1.165) is 5.56 Å². The Hall–Kier alpha value is -2.19. The fourth-order valence-electron chi connectivity index (χ4n) is 1.56. The molecular weight excluding hydrogens is 320 g/mol. The van der Waals surface area contributed by atoms with Gasteiger partial charge in [0.25, 0.3) is 5.19 Å². The molecule has 0 radical (unpaired) electrons.